The van der Waals surface area contributed by atoms with Crippen LogP contribution in [0.25, 0.3) is 0 Å². The van der Waals surface area contributed by atoms with Crippen LogP contribution in [0.3, 0.4) is 0 Å². The van der Waals surface area contributed by atoms with Gasteiger partial charge in [-0.05, 0) is 40.9 Å². The normalized spacial score (nSPS) is 25.0. The number of carbonyl (C=O) groups excluding carboxylic acids is 2. The lowest BCUT2D eigenvalue weighted by molar-refractivity contribution is -0.122. The molecule has 2 amide bonds. The van der Waals surface area contributed by atoms with Crippen molar-refractivity contribution in [1.29, 1.82) is 0 Å². The number of amides is 2. The molecule has 20 heavy (non-hydrogen) atoms. The van der Waals surface area contributed by atoms with E-state index < -0.39 is 0 Å². The molecule has 2 unspecified atom stereocenters. The van der Waals surface area contributed by atoms with E-state index in [9.17, 15) is 9.59 Å². The minimum absolute atomic E-state index is 0.113. The van der Waals surface area contributed by atoms with E-state index in [1.807, 2.05) is 12.2 Å². The Hall–Kier alpha value is -1.62. The van der Waals surface area contributed by atoms with Gasteiger partial charge in [0.1, 0.15) is 5.75 Å². The number of hydrogen-bond acceptors (Lipinski definition) is 3. The molecule has 2 aliphatic rings. The molecule has 0 N–H and O–H groups in total. The Labute approximate surface area is 125 Å². The predicted molar refractivity (Wildman–Crippen MR) is 78.5 cm³/mol. The van der Waals surface area contributed by atoms with Crippen molar-refractivity contribution in [3.8, 4) is 5.75 Å². The van der Waals surface area contributed by atoms with Crippen molar-refractivity contribution in [3.05, 3.63) is 34.8 Å². The quantitative estimate of drug-likeness (QED) is 0.616. The van der Waals surface area contributed by atoms with Crippen molar-refractivity contribution in [2.45, 2.75) is 12.8 Å². The molecule has 3 rings (SSSR count). The Morgan fingerprint density at radius 3 is 2.30 bits per heavy atom. The molecule has 1 aliphatic carbocycles. The highest BCUT2D eigenvalue weighted by molar-refractivity contribution is 9.10. The highest BCUT2D eigenvalue weighted by atomic mass is 79.9. The summed E-state index contributed by atoms with van der Waals surface area (Å²) in [6, 6.07) is 5.28. The van der Waals surface area contributed by atoms with Gasteiger partial charge >= 0.3 is 0 Å². The summed E-state index contributed by atoms with van der Waals surface area (Å²) in [5.74, 6) is -0.0374. The fraction of sp³-hybridized carbons (Fsp3) is 0.333. The van der Waals surface area contributed by atoms with Crippen molar-refractivity contribution >= 4 is 33.4 Å². The monoisotopic (exact) mass is 335 g/mol. The molecule has 1 saturated heterocycles. The number of ether oxygens (including phenoxy) is 1. The summed E-state index contributed by atoms with van der Waals surface area (Å²) in [7, 11) is 1.56. The second kappa shape index (κ2) is 5.05. The molecule has 5 heteroatoms. The van der Waals surface area contributed by atoms with Crippen LogP contribution in [0.15, 0.2) is 34.8 Å². The van der Waals surface area contributed by atoms with Crippen LogP contribution in [-0.2, 0) is 9.59 Å². The first kappa shape index (κ1) is 13.4. The van der Waals surface area contributed by atoms with Crippen LogP contribution >= 0.6 is 15.9 Å². The molecule has 4 nitrogen and oxygen atoms in total. The van der Waals surface area contributed by atoms with E-state index >= 15 is 0 Å². The van der Waals surface area contributed by atoms with Gasteiger partial charge in [0.25, 0.3) is 0 Å². The molecular weight excluding hydrogens is 322 g/mol. The van der Waals surface area contributed by atoms with E-state index in [0.29, 0.717) is 28.8 Å². The predicted octanol–water partition coefficient (Wildman–Crippen LogP) is 2.91. The van der Waals surface area contributed by atoms with Gasteiger partial charge in [-0.3, -0.25) is 9.59 Å². The SMILES string of the molecule is COc1ccc(Br)c(N2C(=O)C3CC=CCC3C2=O)c1. The number of carbonyl (C=O) groups is 2. The summed E-state index contributed by atoms with van der Waals surface area (Å²) >= 11 is 3.41. The smallest absolute Gasteiger partial charge is 0.238 e. The maximum absolute atomic E-state index is 12.5. The zero-order valence-electron chi connectivity index (χ0n) is 11.0. The number of anilines is 1. The highest BCUT2D eigenvalue weighted by Crippen LogP contribution is 2.40. The molecule has 0 spiro atoms. The summed E-state index contributed by atoms with van der Waals surface area (Å²) < 4.78 is 5.89. The molecule has 104 valence electrons. The van der Waals surface area contributed by atoms with Gasteiger partial charge < -0.3 is 4.74 Å². The van der Waals surface area contributed by atoms with E-state index in [4.69, 9.17) is 4.74 Å². The minimum atomic E-state index is -0.217. The maximum atomic E-state index is 12.5. The van der Waals surface area contributed by atoms with Crippen LogP contribution in [0.1, 0.15) is 12.8 Å². The van der Waals surface area contributed by atoms with Gasteiger partial charge in [-0.15, -0.1) is 0 Å². The average molecular weight is 336 g/mol. The Morgan fingerprint density at radius 1 is 1.15 bits per heavy atom. The van der Waals surface area contributed by atoms with Crippen molar-refractivity contribution < 1.29 is 14.3 Å². The van der Waals surface area contributed by atoms with Crippen molar-refractivity contribution in [2.75, 3.05) is 12.0 Å². The van der Waals surface area contributed by atoms with Crippen LogP contribution in [-0.4, -0.2) is 18.9 Å². The number of nitrogens with zero attached hydrogens (tertiary/aromatic N) is 1. The summed E-state index contributed by atoms with van der Waals surface area (Å²) in [6.07, 6.45) is 5.26. The topological polar surface area (TPSA) is 46.6 Å². The van der Waals surface area contributed by atoms with Gasteiger partial charge in [0.15, 0.2) is 0 Å². The summed E-state index contributed by atoms with van der Waals surface area (Å²) in [5.41, 5.74) is 0.564. The number of rotatable bonds is 2. The number of methoxy groups -OCH3 is 1. The first-order valence-electron chi connectivity index (χ1n) is 6.50. The third kappa shape index (κ3) is 1.97. The van der Waals surface area contributed by atoms with Gasteiger partial charge in [-0.1, -0.05) is 12.2 Å². The van der Waals surface area contributed by atoms with Crippen LogP contribution < -0.4 is 9.64 Å². The molecule has 0 aromatic heterocycles. The Kier molecular flexibility index (Phi) is 3.38. The highest BCUT2D eigenvalue weighted by Gasteiger charge is 2.48. The van der Waals surface area contributed by atoms with Gasteiger partial charge in [0.2, 0.25) is 11.8 Å². The number of imide groups is 1. The van der Waals surface area contributed by atoms with Crippen LogP contribution in [0.2, 0.25) is 0 Å². The van der Waals surface area contributed by atoms with Crippen LogP contribution in [0.5, 0.6) is 5.75 Å². The molecule has 1 aliphatic heterocycles. The van der Waals surface area contributed by atoms with Crippen LogP contribution in [0, 0.1) is 11.8 Å². The molecule has 0 saturated carbocycles. The fourth-order valence-corrected chi connectivity index (χ4v) is 3.25. The first-order valence-corrected chi connectivity index (χ1v) is 7.29. The third-order valence-corrected chi connectivity index (χ3v) is 4.57. The van der Waals surface area contributed by atoms with Gasteiger partial charge in [0, 0.05) is 10.5 Å². The molecular formula is C15H14BrNO3. The molecule has 2 atom stereocenters. The fourth-order valence-electron chi connectivity index (χ4n) is 2.83. The van der Waals surface area contributed by atoms with Crippen molar-refractivity contribution in [2.24, 2.45) is 11.8 Å². The lowest BCUT2D eigenvalue weighted by Gasteiger charge is -2.17. The first-order chi connectivity index (χ1) is 9.63. The summed E-state index contributed by atoms with van der Waals surface area (Å²) in [5, 5.41) is 0. The Bertz CT molecular complexity index is 585. The largest absolute Gasteiger partial charge is 0.497 e. The summed E-state index contributed by atoms with van der Waals surface area (Å²) in [4.78, 5) is 26.3. The Morgan fingerprint density at radius 2 is 1.75 bits per heavy atom. The lowest BCUT2D eigenvalue weighted by Crippen LogP contribution is -2.31. The van der Waals surface area contributed by atoms with Crippen molar-refractivity contribution in [3.63, 3.8) is 0 Å². The van der Waals surface area contributed by atoms with Crippen molar-refractivity contribution in [1.82, 2.24) is 0 Å². The number of hydrogen-bond donors (Lipinski definition) is 0. The molecule has 0 radical (unpaired) electrons. The minimum Gasteiger partial charge on any atom is -0.497 e. The maximum Gasteiger partial charge on any atom is 0.238 e. The second-order valence-electron chi connectivity index (χ2n) is 4.99. The Balaban J connectivity index is 2.02. The molecule has 0 bridgehead atoms. The average Bonchev–Trinajstić information content (AvgIpc) is 2.72. The van der Waals surface area contributed by atoms with E-state index in [0.717, 1.165) is 0 Å². The number of allylic oxidation sites excluding steroid dienone is 2. The van der Waals surface area contributed by atoms with E-state index in [-0.39, 0.29) is 23.7 Å². The summed E-state index contributed by atoms with van der Waals surface area (Å²) in [6.45, 7) is 0. The van der Waals surface area contributed by atoms with E-state index in [2.05, 4.69) is 15.9 Å². The number of halogens is 1. The zero-order valence-corrected chi connectivity index (χ0v) is 12.6. The molecule has 1 aromatic rings. The second-order valence-corrected chi connectivity index (χ2v) is 5.84. The number of fused-ring (bicyclic) bond motifs is 1. The molecule has 1 aromatic carbocycles. The molecule has 1 fully saturated rings. The van der Waals surface area contributed by atoms with Gasteiger partial charge in [0.05, 0.1) is 24.6 Å². The third-order valence-electron chi connectivity index (χ3n) is 3.90. The zero-order chi connectivity index (χ0) is 14.3. The molecule has 1 heterocycles. The van der Waals surface area contributed by atoms with E-state index in [1.165, 1.54) is 4.90 Å². The van der Waals surface area contributed by atoms with Gasteiger partial charge in [-0.2, -0.15) is 0 Å². The lowest BCUT2D eigenvalue weighted by atomic mass is 9.85. The van der Waals surface area contributed by atoms with Crippen LogP contribution in [0.4, 0.5) is 5.69 Å². The van der Waals surface area contributed by atoms with Gasteiger partial charge in [-0.25, -0.2) is 4.90 Å². The number of benzene rings is 1. The van der Waals surface area contributed by atoms with E-state index in [1.54, 1.807) is 25.3 Å². The standard InChI is InChI=1S/C15H14BrNO3/c1-20-9-6-7-12(16)13(8-9)17-14(18)10-4-2-3-5-11(10)15(17)19/h2-3,6-8,10-11H,4-5H2,1H3.